The van der Waals surface area contributed by atoms with Gasteiger partial charge in [-0.1, -0.05) is 12.2 Å². The zero-order valence-electron chi connectivity index (χ0n) is 7.69. The van der Waals surface area contributed by atoms with Gasteiger partial charge in [-0.25, -0.2) is 4.79 Å². The fraction of sp³-hybridized carbons (Fsp3) is 0.444. The molecule has 0 bridgehead atoms. The molecule has 74 valence electrons. The maximum absolute atomic E-state index is 11.1. The summed E-state index contributed by atoms with van der Waals surface area (Å²) < 4.78 is 4.65. The lowest BCUT2D eigenvalue weighted by Crippen LogP contribution is -2.16. The third-order valence-electron chi connectivity index (χ3n) is 1.36. The summed E-state index contributed by atoms with van der Waals surface area (Å²) >= 11 is 0. The number of esters is 1. The van der Waals surface area contributed by atoms with Crippen molar-refractivity contribution in [2.75, 3.05) is 13.2 Å². The summed E-state index contributed by atoms with van der Waals surface area (Å²) in [5.74, 6) is -0.466. The highest BCUT2D eigenvalue weighted by molar-refractivity contribution is 5.87. The molecule has 0 rings (SSSR count). The van der Waals surface area contributed by atoms with E-state index in [1.807, 2.05) is 0 Å². The van der Waals surface area contributed by atoms with Gasteiger partial charge in [0.25, 0.3) is 0 Å². The van der Waals surface area contributed by atoms with Crippen molar-refractivity contribution in [3.63, 3.8) is 0 Å². The first-order chi connectivity index (χ1) is 6.11. The molecule has 0 radical (unpaired) electrons. The topological polar surface area (TPSA) is 72.6 Å². The second-order valence-corrected chi connectivity index (χ2v) is 2.52. The van der Waals surface area contributed by atoms with Gasteiger partial charge >= 0.3 is 5.97 Å². The molecule has 0 saturated heterocycles. The number of carbonyl (C=O) groups excluding carboxylic acids is 1. The van der Waals surface area contributed by atoms with Gasteiger partial charge in [0.15, 0.2) is 0 Å². The number of ether oxygens (including phenoxy) is 1. The molecule has 0 fully saturated rings. The molecule has 1 unspecified atom stereocenters. The second kappa shape index (κ2) is 6.39. The van der Waals surface area contributed by atoms with Crippen molar-refractivity contribution >= 4 is 5.97 Å². The smallest absolute Gasteiger partial charge is 0.333 e. The van der Waals surface area contributed by atoms with Gasteiger partial charge in [0.1, 0.15) is 6.61 Å². The molecule has 13 heavy (non-hydrogen) atoms. The average Bonchev–Trinajstić information content (AvgIpc) is 2.13. The zero-order valence-corrected chi connectivity index (χ0v) is 7.69. The highest BCUT2D eigenvalue weighted by Gasteiger charge is 2.05. The molecule has 0 aliphatic carbocycles. The number of aliphatic hydroxyl groups excluding tert-OH is 1. The molecule has 0 heterocycles. The van der Waals surface area contributed by atoms with E-state index in [1.54, 1.807) is 13.0 Å². The zero-order chi connectivity index (χ0) is 10.3. The molecule has 0 aromatic carbocycles. The quantitative estimate of drug-likeness (QED) is 0.359. The number of hydrogen-bond acceptors (Lipinski definition) is 4. The van der Waals surface area contributed by atoms with E-state index in [0.717, 1.165) is 0 Å². The molecule has 0 aliphatic heterocycles. The van der Waals surface area contributed by atoms with Crippen molar-refractivity contribution < 1.29 is 14.6 Å². The lowest BCUT2D eigenvalue weighted by Gasteiger charge is -2.04. The minimum atomic E-state index is -0.466. The van der Waals surface area contributed by atoms with Crippen LogP contribution in [0.2, 0.25) is 0 Å². The van der Waals surface area contributed by atoms with E-state index in [1.165, 1.54) is 6.08 Å². The van der Waals surface area contributed by atoms with Gasteiger partial charge < -0.3 is 15.6 Å². The average molecular weight is 185 g/mol. The lowest BCUT2D eigenvalue weighted by atomic mass is 10.2. The Kier molecular flexibility index (Phi) is 5.84. The Morgan fingerprint density at radius 1 is 1.77 bits per heavy atom. The van der Waals surface area contributed by atoms with Crippen LogP contribution in [0.15, 0.2) is 24.3 Å². The van der Waals surface area contributed by atoms with Crippen molar-refractivity contribution in [2.45, 2.75) is 13.0 Å². The van der Waals surface area contributed by atoms with Gasteiger partial charge in [-0.05, 0) is 6.92 Å². The molecule has 1 atom stereocenters. The molecule has 0 aromatic rings. The molecular weight excluding hydrogens is 170 g/mol. The highest BCUT2D eigenvalue weighted by atomic mass is 16.5. The molecular formula is C9H15NO3. The Morgan fingerprint density at radius 2 is 2.38 bits per heavy atom. The van der Waals surface area contributed by atoms with E-state index in [0.29, 0.717) is 5.57 Å². The third kappa shape index (κ3) is 5.16. The van der Waals surface area contributed by atoms with Crippen molar-refractivity contribution in [1.82, 2.24) is 0 Å². The van der Waals surface area contributed by atoms with Gasteiger partial charge in [0.2, 0.25) is 0 Å². The Morgan fingerprint density at radius 3 is 2.85 bits per heavy atom. The van der Waals surface area contributed by atoms with Crippen LogP contribution in [-0.2, 0) is 9.53 Å². The summed E-state index contributed by atoms with van der Waals surface area (Å²) in [6, 6.07) is -0.346. The summed E-state index contributed by atoms with van der Waals surface area (Å²) in [4.78, 5) is 11.1. The minimum Gasteiger partial charge on any atom is -0.460 e. The standard InChI is InChI=1S/C9H15NO3/c1-3-8(10)6-7(2)9(12)13-5-4-11/h3,6,8,11H,1,4-5,10H2,2H3. The van der Waals surface area contributed by atoms with Crippen LogP contribution in [0.4, 0.5) is 0 Å². The van der Waals surface area contributed by atoms with E-state index in [2.05, 4.69) is 11.3 Å². The van der Waals surface area contributed by atoms with E-state index >= 15 is 0 Å². The van der Waals surface area contributed by atoms with Crippen LogP contribution in [0.25, 0.3) is 0 Å². The van der Waals surface area contributed by atoms with Crippen LogP contribution < -0.4 is 5.73 Å². The van der Waals surface area contributed by atoms with E-state index in [4.69, 9.17) is 10.8 Å². The second-order valence-electron chi connectivity index (χ2n) is 2.52. The van der Waals surface area contributed by atoms with Crippen LogP contribution in [-0.4, -0.2) is 30.3 Å². The van der Waals surface area contributed by atoms with Gasteiger partial charge in [0.05, 0.1) is 6.61 Å². The van der Waals surface area contributed by atoms with Crippen molar-refractivity contribution in [3.05, 3.63) is 24.3 Å². The molecule has 4 nitrogen and oxygen atoms in total. The Balaban J connectivity index is 4.07. The third-order valence-corrected chi connectivity index (χ3v) is 1.36. The number of aliphatic hydroxyl groups is 1. The maximum atomic E-state index is 11.1. The predicted molar refractivity (Wildman–Crippen MR) is 50.0 cm³/mol. The summed E-state index contributed by atoms with van der Waals surface area (Å²) in [5, 5.41) is 8.39. The summed E-state index contributed by atoms with van der Waals surface area (Å²) in [7, 11) is 0. The van der Waals surface area contributed by atoms with Gasteiger partial charge in [-0.15, -0.1) is 6.58 Å². The summed E-state index contributed by atoms with van der Waals surface area (Å²) in [5.41, 5.74) is 5.91. The first-order valence-electron chi connectivity index (χ1n) is 3.96. The molecule has 0 aliphatic rings. The summed E-state index contributed by atoms with van der Waals surface area (Å²) in [6.07, 6.45) is 3.07. The van der Waals surface area contributed by atoms with E-state index in [-0.39, 0.29) is 19.3 Å². The number of carbonyl (C=O) groups is 1. The monoisotopic (exact) mass is 185 g/mol. The largest absolute Gasteiger partial charge is 0.460 e. The molecule has 0 amide bonds. The number of rotatable bonds is 5. The van der Waals surface area contributed by atoms with Crippen LogP contribution in [0, 0.1) is 0 Å². The number of nitrogens with two attached hydrogens (primary N) is 1. The molecule has 0 aromatic heterocycles. The number of hydrogen-bond donors (Lipinski definition) is 2. The summed E-state index contributed by atoms with van der Waals surface area (Å²) in [6.45, 7) is 4.91. The van der Waals surface area contributed by atoms with Crippen LogP contribution in [0.3, 0.4) is 0 Å². The predicted octanol–water partition coefficient (Wildman–Crippen LogP) is -0.0185. The van der Waals surface area contributed by atoms with Gasteiger partial charge in [-0.3, -0.25) is 0 Å². The first kappa shape index (κ1) is 11.9. The fourth-order valence-electron chi connectivity index (χ4n) is 0.677. The molecule has 0 spiro atoms. The fourth-order valence-corrected chi connectivity index (χ4v) is 0.677. The Bertz CT molecular complexity index is 211. The molecule has 4 heteroatoms. The highest BCUT2D eigenvalue weighted by Crippen LogP contribution is 1.98. The SMILES string of the molecule is C=CC(N)C=C(C)C(=O)OCCO. The minimum absolute atomic E-state index is 0.00728. The first-order valence-corrected chi connectivity index (χ1v) is 3.96. The van der Waals surface area contributed by atoms with Gasteiger partial charge in [0, 0.05) is 11.6 Å². The van der Waals surface area contributed by atoms with Gasteiger partial charge in [-0.2, -0.15) is 0 Å². The van der Waals surface area contributed by atoms with Crippen molar-refractivity contribution in [2.24, 2.45) is 5.73 Å². The lowest BCUT2D eigenvalue weighted by molar-refractivity contribution is -0.139. The van der Waals surface area contributed by atoms with Crippen LogP contribution in [0.5, 0.6) is 0 Å². The van der Waals surface area contributed by atoms with Crippen molar-refractivity contribution in [1.29, 1.82) is 0 Å². The van der Waals surface area contributed by atoms with Crippen LogP contribution in [0.1, 0.15) is 6.92 Å². The van der Waals surface area contributed by atoms with Crippen molar-refractivity contribution in [3.8, 4) is 0 Å². The molecule has 0 saturated carbocycles. The van der Waals surface area contributed by atoms with Crippen LogP contribution >= 0.6 is 0 Å². The molecule has 3 N–H and O–H groups in total. The van der Waals surface area contributed by atoms with E-state index < -0.39 is 5.97 Å². The Labute approximate surface area is 77.7 Å². The normalized spacial score (nSPS) is 13.6. The van der Waals surface area contributed by atoms with E-state index in [9.17, 15) is 4.79 Å². The maximum Gasteiger partial charge on any atom is 0.333 e. The Hall–Kier alpha value is -1.13.